The van der Waals surface area contributed by atoms with Crippen molar-refractivity contribution in [1.29, 1.82) is 0 Å². The van der Waals surface area contributed by atoms with Crippen LogP contribution in [0.2, 0.25) is 0 Å². The third-order valence-corrected chi connectivity index (χ3v) is 6.31. The maximum Gasteiger partial charge on any atom is 0.573 e. The van der Waals surface area contributed by atoms with Gasteiger partial charge in [-0.2, -0.15) is 0 Å². The predicted molar refractivity (Wildman–Crippen MR) is 115 cm³/mol. The Morgan fingerprint density at radius 3 is 2.47 bits per heavy atom. The zero-order valence-electron chi connectivity index (χ0n) is 18.6. The van der Waals surface area contributed by atoms with Gasteiger partial charge in [0.15, 0.2) is 0 Å². The summed E-state index contributed by atoms with van der Waals surface area (Å²) in [4.78, 5) is 35.2. The first-order valence-electron chi connectivity index (χ1n) is 11.0. The van der Waals surface area contributed by atoms with Crippen LogP contribution in [0, 0.1) is 12.3 Å². The van der Waals surface area contributed by atoms with Crippen molar-refractivity contribution in [3.63, 3.8) is 0 Å². The lowest BCUT2D eigenvalue weighted by Gasteiger charge is -2.35. The van der Waals surface area contributed by atoms with Gasteiger partial charge in [0, 0.05) is 18.4 Å². The second-order valence-electron chi connectivity index (χ2n) is 8.64. The van der Waals surface area contributed by atoms with E-state index in [0.29, 0.717) is 50.0 Å². The van der Waals surface area contributed by atoms with Gasteiger partial charge in [-0.25, -0.2) is 4.79 Å². The number of ether oxygens (including phenoxy) is 2. The summed E-state index contributed by atoms with van der Waals surface area (Å²) in [7, 11) is 0. The summed E-state index contributed by atoms with van der Waals surface area (Å²) >= 11 is 0. The average Bonchev–Trinajstić information content (AvgIpc) is 3.10. The first-order valence-corrected chi connectivity index (χ1v) is 11.0. The zero-order valence-corrected chi connectivity index (χ0v) is 18.6. The molecule has 1 spiro atoms. The van der Waals surface area contributed by atoms with Gasteiger partial charge in [0.1, 0.15) is 11.9 Å². The molecule has 0 unspecified atom stereocenters. The lowest BCUT2D eigenvalue weighted by atomic mass is 9.72. The number of amides is 2. The minimum atomic E-state index is -4.76. The van der Waals surface area contributed by atoms with Crippen LogP contribution in [-0.4, -0.2) is 41.0 Å². The van der Waals surface area contributed by atoms with E-state index in [1.165, 1.54) is 24.3 Å². The van der Waals surface area contributed by atoms with Crippen molar-refractivity contribution < 1.29 is 32.2 Å². The molecule has 0 atom stereocenters. The van der Waals surface area contributed by atoms with Crippen molar-refractivity contribution in [3.8, 4) is 5.75 Å². The highest BCUT2D eigenvalue weighted by molar-refractivity contribution is 6.00. The average molecular weight is 478 g/mol. The normalized spacial score (nSPS) is 22.6. The van der Waals surface area contributed by atoms with Gasteiger partial charge < -0.3 is 19.7 Å². The predicted octanol–water partition coefficient (Wildman–Crippen LogP) is 4.28. The van der Waals surface area contributed by atoms with E-state index in [4.69, 9.17) is 4.74 Å². The second kappa shape index (κ2) is 9.47. The first kappa shape index (κ1) is 23.8. The molecule has 1 aromatic heterocycles. The van der Waals surface area contributed by atoms with Gasteiger partial charge in [-0.15, -0.1) is 13.2 Å². The van der Waals surface area contributed by atoms with E-state index in [9.17, 15) is 22.8 Å². The molecule has 8 nitrogen and oxygen atoms in total. The molecule has 1 N–H and O–H groups in total. The van der Waals surface area contributed by atoms with Gasteiger partial charge in [-0.05, 0) is 63.3 Å². The quantitative estimate of drug-likeness (QED) is 0.690. The summed E-state index contributed by atoms with van der Waals surface area (Å²) in [5.41, 5.74) is 1.41. The van der Waals surface area contributed by atoms with E-state index in [1.807, 2.05) is 6.92 Å². The van der Waals surface area contributed by atoms with Crippen LogP contribution in [-0.2, 0) is 16.1 Å². The number of aromatic nitrogens is 2. The Morgan fingerprint density at radius 1 is 1.15 bits per heavy atom. The maximum absolute atomic E-state index is 13.2. The summed E-state index contributed by atoms with van der Waals surface area (Å²) in [6, 6.07) is 5.31. The second-order valence-corrected chi connectivity index (χ2v) is 8.64. The molecular formula is C23H25F3N4O4. The third-order valence-electron chi connectivity index (χ3n) is 6.31. The van der Waals surface area contributed by atoms with Crippen molar-refractivity contribution in [1.82, 2.24) is 15.3 Å². The van der Waals surface area contributed by atoms with Crippen LogP contribution >= 0.6 is 0 Å². The zero-order chi connectivity index (χ0) is 24.3. The molecule has 1 aliphatic heterocycles. The van der Waals surface area contributed by atoms with Gasteiger partial charge in [0.25, 0.3) is 0 Å². The van der Waals surface area contributed by atoms with E-state index < -0.39 is 17.9 Å². The minimum absolute atomic E-state index is 0.0437. The molecule has 4 rings (SSSR count). The molecule has 0 radical (unpaired) electrons. The molecule has 1 aliphatic carbocycles. The fourth-order valence-electron chi connectivity index (χ4n) is 4.49. The van der Waals surface area contributed by atoms with Gasteiger partial charge >= 0.3 is 12.5 Å². The molecule has 1 saturated heterocycles. The number of nitrogens with one attached hydrogen (secondary N) is 1. The van der Waals surface area contributed by atoms with E-state index in [0.717, 1.165) is 5.69 Å². The standard InChI is InChI=1S/C23H25F3N4O4/c1-15-12-28-16(13-27-15)14-29-21(32)33-18-6-8-22(9-7-18)10-11-30(20(22)31)17-2-4-19(5-3-17)34-23(24,25)26/h2-5,12-13,18H,6-11,14H2,1H3,(H,29,32)/t18-,22-. The Hall–Kier alpha value is -3.37. The number of hydrogen-bond acceptors (Lipinski definition) is 6. The molecule has 182 valence electrons. The Kier molecular flexibility index (Phi) is 6.63. The number of benzene rings is 1. The topological polar surface area (TPSA) is 93.6 Å². The van der Waals surface area contributed by atoms with Gasteiger partial charge in [-0.3, -0.25) is 14.8 Å². The number of nitrogens with zero attached hydrogens (tertiary/aromatic N) is 3. The SMILES string of the molecule is Cc1cnc(CNC(=O)O[C@H]2CC[C@@]3(CCN(c4ccc(OC(F)(F)F)cc4)C3=O)CC2)cn1. The number of rotatable bonds is 5. The van der Waals surface area contributed by atoms with Gasteiger partial charge in [0.05, 0.1) is 29.5 Å². The number of alkyl halides is 3. The summed E-state index contributed by atoms with van der Waals surface area (Å²) in [6.07, 6.45) is 0.575. The van der Waals surface area contributed by atoms with E-state index in [2.05, 4.69) is 20.0 Å². The van der Waals surface area contributed by atoms with Crippen LogP contribution in [0.25, 0.3) is 0 Å². The minimum Gasteiger partial charge on any atom is -0.446 e. The monoisotopic (exact) mass is 478 g/mol. The van der Waals surface area contributed by atoms with E-state index in [-0.39, 0.29) is 24.3 Å². The molecular weight excluding hydrogens is 453 g/mol. The Labute approximate surface area is 194 Å². The smallest absolute Gasteiger partial charge is 0.446 e. The molecule has 2 heterocycles. The molecule has 2 aliphatic rings. The van der Waals surface area contributed by atoms with Crippen LogP contribution in [0.1, 0.15) is 43.5 Å². The molecule has 2 aromatic rings. The number of anilines is 1. The highest BCUT2D eigenvalue weighted by atomic mass is 19.4. The fraction of sp³-hybridized carbons (Fsp3) is 0.478. The summed E-state index contributed by atoms with van der Waals surface area (Å²) in [5.74, 6) is -0.374. The highest BCUT2D eigenvalue weighted by Crippen LogP contribution is 2.46. The number of hydrogen-bond donors (Lipinski definition) is 1. The van der Waals surface area contributed by atoms with Crippen LogP contribution in [0.5, 0.6) is 5.75 Å². The van der Waals surface area contributed by atoms with Gasteiger partial charge in [-0.1, -0.05) is 0 Å². The largest absolute Gasteiger partial charge is 0.573 e. The molecule has 34 heavy (non-hydrogen) atoms. The Morgan fingerprint density at radius 2 is 1.85 bits per heavy atom. The molecule has 11 heteroatoms. The Bertz CT molecular complexity index is 1020. The number of halogens is 3. The van der Waals surface area contributed by atoms with Crippen LogP contribution in [0.3, 0.4) is 0 Å². The maximum atomic E-state index is 13.2. The van der Waals surface area contributed by atoms with E-state index >= 15 is 0 Å². The first-order chi connectivity index (χ1) is 16.1. The van der Waals surface area contributed by atoms with E-state index in [1.54, 1.807) is 17.3 Å². The summed E-state index contributed by atoms with van der Waals surface area (Å²) in [6.45, 7) is 2.52. The van der Waals surface area contributed by atoms with Crippen molar-refractivity contribution in [2.24, 2.45) is 5.41 Å². The fourth-order valence-corrected chi connectivity index (χ4v) is 4.49. The molecule has 1 aromatic carbocycles. The molecule has 0 bridgehead atoms. The lowest BCUT2D eigenvalue weighted by Crippen LogP contribution is -2.40. The number of carbonyl (C=O) groups excluding carboxylic acids is 2. The molecule has 1 saturated carbocycles. The van der Waals surface area contributed by atoms with Crippen molar-refractivity contribution >= 4 is 17.7 Å². The number of carbonyl (C=O) groups is 2. The number of alkyl carbamates (subject to hydrolysis) is 1. The molecule has 2 fully saturated rings. The lowest BCUT2D eigenvalue weighted by molar-refractivity contribution is -0.274. The Balaban J connectivity index is 1.27. The van der Waals surface area contributed by atoms with Crippen molar-refractivity contribution in [3.05, 3.63) is 48.0 Å². The highest BCUT2D eigenvalue weighted by Gasteiger charge is 2.49. The van der Waals surface area contributed by atoms with Crippen molar-refractivity contribution in [2.45, 2.75) is 58.0 Å². The number of aryl methyl sites for hydroxylation is 1. The summed E-state index contributed by atoms with van der Waals surface area (Å²) in [5, 5.41) is 2.66. The van der Waals surface area contributed by atoms with Gasteiger partial charge in [0.2, 0.25) is 5.91 Å². The third kappa shape index (κ3) is 5.57. The van der Waals surface area contributed by atoms with Crippen molar-refractivity contribution in [2.75, 3.05) is 11.4 Å². The molecule has 2 amide bonds. The van der Waals surface area contributed by atoms with Crippen LogP contribution in [0.15, 0.2) is 36.7 Å². The summed E-state index contributed by atoms with van der Waals surface area (Å²) < 4.78 is 46.5. The van der Waals surface area contributed by atoms with Crippen LogP contribution in [0.4, 0.5) is 23.7 Å². The van der Waals surface area contributed by atoms with Crippen LogP contribution < -0.4 is 15.0 Å².